The number of hydrogen-bond acceptors (Lipinski definition) is 5. The number of aromatic carboxylic acids is 2. The highest BCUT2D eigenvalue weighted by Crippen LogP contribution is 2.22. The highest BCUT2D eigenvalue weighted by Gasteiger charge is 2.17. The summed E-state index contributed by atoms with van der Waals surface area (Å²) >= 11 is 0. The van der Waals surface area contributed by atoms with E-state index in [4.69, 9.17) is 10.2 Å². The third kappa shape index (κ3) is 2.65. The number of guanidine groups is 1. The predicted molar refractivity (Wildman–Crippen MR) is 69.0 cm³/mol. The highest BCUT2D eigenvalue weighted by molar-refractivity contribution is 6.01. The Hall–Kier alpha value is -2.57. The summed E-state index contributed by atoms with van der Waals surface area (Å²) in [6, 6.07) is 2.54. The van der Waals surface area contributed by atoms with E-state index in [1.54, 1.807) is 6.92 Å². The van der Waals surface area contributed by atoms with Gasteiger partial charge in [-0.2, -0.15) is 0 Å². The van der Waals surface area contributed by atoms with Gasteiger partial charge in [0, 0.05) is 12.2 Å². The van der Waals surface area contributed by atoms with Crippen LogP contribution < -0.4 is 10.6 Å². The molecule has 0 spiro atoms. The molecule has 2 rings (SSSR count). The predicted octanol–water partition coefficient (Wildman–Crippen LogP) is 0.763. The summed E-state index contributed by atoms with van der Waals surface area (Å²) in [4.78, 5) is 26.3. The first-order chi connectivity index (χ1) is 8.99. The lowest BCUT2D eigenvalue weighted by atomic mass is 10.0. The summed E-state index contributed by atoms with van der Waals surface area (Å²) in [5.41, 5.74) is 0.768. The van der Waals surface area contributed by atoms with Crippen molar-refractivity contribution in [3.05, 3.63) is 28.8 Å². The molecule has 0 bridgehead atoms. The van der Waals surface area contributed by atoms with Crippen LogP contribution in [0.5, 0.6) is 0 Å². The molecule has 1 aliphatic rings. The van der Waals surface area contributed by atoms with E-state index in [2.05, 4.69) is 15.6 Å². The quantitative estimate of drug-likeness (QED) is 0.640. The maximum Gasteiger partial charge on any atom is 0.336 e. The lowest BCUT2D eigenvalue weighted by Crippen LogP contribution is -2.27. The SMILES string of the molecule is Cc1c(NC2=NCCN2)cc(C(=O)O)cc1C(=O)O. The second-order valence-electron chi connectivity index (χ2n) is 4.09. The van der Waals surface area contributed by atoms with Crippen LogP contribution >= 0.6 is 0 Å². The zero-order valence-electron chi connectivity index (χ0n) is 10.2. The number of nitrogens with zero attached hydrogens (tertiary/aromatic N) is 1. The van der Waals surface area contributed by atoms with Crippen molar-refractivity contribution in [1.82, 2.24) is 5.32 Å². The molecule has 4 N–H and O–H groups in total. The van der Waals surface area contributed by atoms with E-state index in [9.17, 15) is 9.59 Å². The molecule has 1 aromatic carbocycles. The molecule has 100 valence electrons. The van der Waals surface area contributed by atoms with Crippen molar-refractivity contribution in [2.24, 2.45) is 4.99 Å². The molecule has 1 heterocycles. The van der Waals surface area contributed by atoms with Crippen molar-refractivity contribution in [2.45, 2.75) is 6.92 Å². The van der Waals surface area contributed by atoms with E-state index in [0.29, 0.717) is 30.3 Å². The fraction of sp³-hybridized carbons (Fsp3) is 0.250. The zero-order valence-corrected chi connectivity index (χ0v) is 10.2. The Kier molecular flexibility index (Phi) is 3.37. The van der Waals surface area contributed by atoms with Gasteiger partial charge in [-0.3, -0.25) is 4.99 Å². The van der Waals surface area contributed by atoms with Gasteiger partial charge >= 0.3 is 11.9 Å². The van der Waals surface area contributed by atoms with Gasteiger partial charge in [-0.25, -0.2) is 9.59 Å². The van der Waals surface area contributed by atoms with Gasteiger partial charge in [0.05, 0.1) is 17.7 Å². The first-order valence-electron chi connectivity index (χ1n) is 5.65. The number of aliphatic imine (C=N–C) groups is 1. The van der Waals surface area contributed by atoms with Crippen LogP contribution in [0.1, 0.15) is 26.3 Å². The first kappa shape index (κ1) is 12.9. The molecule has 7 nitrogen and oxygen atoms in total. The number of nitrogens with one attached hydrogen (secondary N) is 2. The Labute approximate surface area is 109 Å². The van der Waals surface area contributed by atoms with Gasteiger partial charge in [-0.15, -0.1) is 0 Å². The maximum absolute atomic E-state index is 11.1. The molecule has 0 radical (unpaired) electrons. The van der Waals surface area contributed by atoms with Crippen LogP contribution in [0.3, 0.4) is 0 Å². The van der Waals surface area contributed by atoms with Gasteiger partial charge in [0.25, 0.3) is 0 Å². The third-order valence-electron chi connectivity index (χ3n) is 2.81. The standard InChI is InChI=1S/C12H13N3O4/c1-6-8(11(18)19)4-7(10(16)17)5-9(6)15-12-13-2-3-14-12/h4-5H,2-3H2,1H3,(H,16,17)(H,18,19)(H2,13,14,15). The number of rotatable bonds is 3. The average molecular weight is 263 g/mol. The zero-order chi connectivity index (χ0) is 14.0. The summed E-state index contributed by atoms with van der Waals surface area (Å²) in [5.74, 6) is -1.82. The Morgan fingerprint density at radius 2 is 2.05 bits per heavy atom. The van der Waals surface area contributed by atoms with E-state index in [-0.39, 0.29) is 11.1 Å². The number of benzene rings is 1. The van der Waals surface area contributed by atoms with Crippen LogP contribution in [0.2, 0.25) is 0 Å². The summed E-state index contributed by atoms with van der Waals surface area (Å²) in [6.45, 7) is 2.95. The molecule has 0 fully saturated rings. The Morgan fingerprint density at radius 3 is 2.58 bits per heavy atom. The van der Waals surface area contributed by atoms with Crippen LogP contribution in [0.15, 0.2) is 17.1 Å². The third-order valence-corrected chi connectivity index (χ3v) is 2.81. The van der Waals surface area contributed by atoms with Gasteiger partial charge < -0.3 is 20.8 Å². The Morgan fingerprint density at radius 1 is 1.32 bits per heavy atom. The van der Waals surface area contributed by atoms with Crippen molar-refractivity contribution in [2.75, 3.05) is 18.4 Å². The van der Waals surface area contributed by atoms with E-state index in [1.165, 1.54) is 6.07 Å². The van der Waals surface area contributed by atoms with Gasteiger partial charge in [0.15, 0.2) is 5.96 Å². The van der Waals surface area contributed by atoms with Crippen LogP contribution in [-0.4, -0.2) is 41.2 Å². The second kappa shape index (κ2) is 4.97. The molecule has 0 unspecified atom stereocenters. The van der Waals surface area contributed by atoms with Gasteiger partial charge in [0.1, 0.15) is 0 Å². The van der Waals surface area contributed by atoms with E-state index in [0.717, 1.165) is 6.07 Å². The Bertz CT molecular complexity index is 581. The topological polar surface area (TPSA) is 111 Å². The summed E-state index contributed by atoms with van der Waals surface area (Å²) in [7, 11) is 0. The van der Waals surface area contributed by atoms with Crippen LogP contribution in [0.25, 0.3) is 0 Å². The molecule has 0 amide bonds. The van der Waals surface area contributed by atoms with Gasteiger partial charge in [-0.05, 0) is 24.6 Å². The van der Waals surface area contributed by atoms with Crippen molar-refractivity contribution >= 4 is 23.6 Å². The van der Waals surface area contributed by atoms with E-state index >= 15 is 0 Å². The summed E-state index contributed by atoms with van der Waals surface area (Å²) < 4.78 is 0. The molecule has 19 heavy (non-hydrogen) atoms. The second-order valence-corrected chi connectivity index (χ2v) is 4.09. The molecule has 0 saturated heterocycles. The molecule has 0 aromatic heterocycles. The number of anilines is 1. The monoisotopic (exact) mass is 263 g/mol. The number of hydrogen-bond donors (Lipinski definition) is 4. The minimum atomic E-state index is -1.17. The minimum Gasteiger partial charge on any atom is -0.478 e. The number of carboxylic acid groups (broad SMARTS) is 2. The molecular formula is C12H13N3O4. The molecule has 1 aromatic rings. The van der Waals surface area contributed by atoms with Crippen LogP contribution in [-0.2, 0) is 0 Å². The molecule has 1 aliphatic heterocycles. The van der Waals surface area contributed by atoms with Crippen molar-refractivity contribution in [1.29, 1.82) is 0 Å². The molecule has 0 saturated carbocycles. The van der Waals surface area contributed by atoms with Crippen molar-refractivity contribution < 1.29 is 19.8 Å². The number of carboxylic acids is 2. The first-order valence-corrected chi connectivity index (χ1v) is 5.65. The van der Waals surface area contributed by atoms with Crippen molar-refractivity contribution in [3.63, 3.8) is 0 Å². The normalized spacial score (nSPS) is 13.6. The summed E-state index contributed by atoms with van der Waals surface area (Å²) in [6.07, 6.45) is 0. The highest BCUT2D eigenvalue weighted by atomic mass is 16.4. The average Bonchev–Trinajstić information content (AvgIpc) is 2.83. The largest absolute Gasteiger partial charge is 0.478 e. The molecular weight excluding hydrogens is 250 g/mol. The molecule has 0 atom stereocenters. The Balaban J connectivity index is 2.45. The van der Waals surface area contributed by atoms with Gasteiger partial charge in [-0.1, -0.05) is 0 Å². The van der Waals surface area contributed by atoms with E-state index in [1.807, 2.05) is 0 Å². The van der Waals surface area contributed by atoms with Crippen molar-refractivity contribution in [3.8, 4) is 0 Å². The van der Waals surface area contributed by atoms with Gasteiger partial charge in [0.2, 0.25) is 0 Å². The van der Waals surface area contributed by atoms with Crippen LogP contribution in [0.4, 0.5) is 5.69 Å². The fourth-order valence-corrected chi connectivity index (χ4v) is 1.80. The minimum absolute atomic E-state index is 0.0407. The van der Waals surface area contributed by atoms with Crippen LogP contribution in [0, 0.1) is 6.92 Å². The maximum atomic E-state index is 11.1. The molecule has 0 aliphatic carbocycles. The van der Waals surface area contributed by atoms with E-state index < -0.39 is 11.9 Å². The lowest BCUT2D eigenvalue weighted by Gasteiger charge is -2.13. The molecule has 7 heteroatoms. The smallest absolute Gasteiger partial charge is 0.336 e. The number of carbonyl (C=O) groups is 2. The summed E-state index contributed by atoms with van der Waals surface area (Å²) in [5, 5.41) is 24.0. The lowest BCUT2D eigenvalue weighted by molar-refractivity contribution is 0.0695. The fourth-order valence-electron chi connectivity index (χ4n) is 1.80.